The zero-order chi connectivity index (χ0) is 26.6. The summed E-state index contributed by atoms with van der Waals surface area (Å²) in [5.41, 5.74) is 4.77. The number of rotatable bonds is 7. The van der Waals surface area contributed by atoms with Gasteiger partial charge in [0.15, 0.2) is 0 Å². The van der Waals surface area contributed by atoms with Gasteiger partial charge in [0.1, 0.15) is 18.2 Å². The Balaban J connectivity index is 1.38. The summed E-state index contributed by atoms with van der Waals surface area (Å²) < 4.78 is 10.7. The van der Waals surface area contributed by atoms with E-state index in [-0.39, 0.29) is 18.9 Å². The van der Waals surface area contributed by atoms with Crippen LogP contribution in [0.5, 0.6) is 0 Å². The second kappa shape index (κ2) is 10.7. The predicted octanol–water partition coefficient (Wildman–Crippen LogP) is 5.57. The molecule has 3 aromatic rings. The van der Waals surface area contributed by atoms with E-state index in [0.717, 1.165) is 22.3 Å². The van der Waals surface area contributed by atoms with Gasteiger partial charge in [-0.05, 0) is 60.7 Å². The van der Waals surface area contributed by atoms with Gasteiger partial charge in [-0.2, -0.15) is 0 Å². The molecule has 0 fully saturated rings. The fraction of sp³-hybridized carbons (Fsp3) is 0.276. The van der Waals surface area contributed by atoms with E-state index in [4.69, 9.17) is 9.47 Å². The molecule has 0 radical (unpaired) electrons. The number of carboxylic acids is 1. The van der Waals surface area contributed by atoms with E-state index in [1.54, 1.807) is 45.0 Å². The molecule has 2 amide bonds. The molecule has 0 heterocycles. The minimum atomic E-state index is -1.22. The number of alkyl carbamates (subject to hydrolysis) is 1. The molecule has 8 heteroatoms. The summed E-state index contributed by atoms with van der Waals surface area (Å²) in [6, 6.07) is 21.5. The van der Waals surface area contributed by atoms with Crippen molar-refractivity contribution in [2.24, 2.45) is 0 Å². The van der Waals surface area contributed by atoms with E-state index in [2.05, 4.69) is 10.6 Å². The molecular formula is C29H30N2O6. The summed E-state index contributed by atoms with van der Waals surface area (Å²) >= 11 is 0. The Kier molecular flexibility index (Phi) is 7.47. The molecule has 8 nitrogen and oxygen atoms in total. The van der Waals surface area contributed by atoms with Crippen LogP contribution in [-0.2, 0) is 20.7 Å². The van der Waals surface area contributed by atoms with Crippen molar-refractivity contribution in [3.05, 3.63) is 89.5 Å². The molecule has 4 rings (SSSR count). The smallest absolute Gasteiger partial charge is 0.412 e. The highest BCUT2D eigenvalue weighted by Crippen LogP contribution is 2.44. The number of hydrogen-bond acceptors (Lipinski definition) is 5. The number of hydrogen-bond donors (Lipinski definition) is 3. The predicted molar refractivity (Wildman–Crippen MR) is 140 cm³/mol. The van der Waals surface area contributed by atoms with Crippen molar-refractivity contribution in [1.82, 2.24) is 5.32 Å². The molecule has 0 bridgehead atoms. The summed E-state index contributed by atoms with van der Waals surface area (Å²) in [6.07, 6.45) is -1.42. The summed E-state index contributed by atoms with van der Waals surface area (Å²) in [7, 11) is 0. The van der Waals surface area contributed by atoms with Crippen LogP contribution in [0.15, 0.2) is 72.8 Å². The lowest BCUT2D eigenvalue weighted by atomic mass is 9.98. The first-order chi connectivity index (χ1) is 17.6. The molecule has 0 saturated heterocycles. The zero-order valence-corrected chi connectivity index (χ0v) is 21.0. The van der Waals surface area contributed by atoms with Gasteiger partial charge in [0, 0.05) is 18.0 Å². The second-order valence-corrected chi connectivity index (χ2v) is 9.89. The number of nitrogens with one attached hydrogen (secondary N) is 2. The molecule has 1 atom stereocenters. The molecule has 1 aliphatic rings. The third-order valence-corrected chi connectivity index (χ3v) is 5.95. The monoisotopic (exact) mass is 502 g/mol. The number of benzene rings is 3. The summed E-state index contributed by atoms with van der Waals surface area (Å²) in [5, 5.41) is 14.8. The molecule has 3 N–H and O–H groups in total. The van der Waals surface area contributed by atoms with Crippen LogP contribution in [-0.4, -0.2) is 41.5 Å². The van der Waals surface area contributed by atoms with Crippen LogP contribution in [0.25, 0.3) is 11.1 Å². The van der Waals surface area contributed by atoms with E-state index in [1.807, 2.05) is 48.5 Å². The van der Waals surface area contributed by atoms with E-state index in [9.17, 15) is 19.5 Å². The molecule has 0 spiro atoms. The van der Waals surface area contributed by atoms with E-state index < -0.39 is 29.8 Å². The van der Waals surface area contributed by atoms with Crippen molar-refractivity contribution >= 4 is 23.8 Å². The van der Waals surface area contributed by atoms with Crippen LogP contribution in [0.3, 0.4) is 0 Å². The van der Waals surface area contributed by atoms with Gasteiger partial charge in [0.25, 0.3) is 0 Å². The number of amides is 2. The Morgan fingerprint density at radius 3 is 2.11 bits per heavy atom. The molecule has 1 aliphatic carbocycles. The van der Waals surface area contributed by atoms with E-state index in [0.29, 0.717) is 11.3 Å². The van der Waals surface area contributed by atoms with Crippen molar-refractivity contribution < 1.29 is 29.0 Å². The van der Waals surface area contributed by atoms with Gasteiger partial charge in [-0.1, -0.05) is 60.7 Å². The van der Waals surface area contributed by atoms with E-state index in [1.165, 1.54) is 0 Å². The quantitative estimate of drug-likeness (QED) is 0.389. The topological polar surface area (TPSA) is 114 Å². The average Bonchev–Trinajstić information content (AvgIpc) is 3.15. The van der Waals surface area contributed by atoms with E-state index >= 15 is 0 Å². The first-order valence-electron chi connectivity index (χ1n) is 12.0. The van der Waals surface area contributed by atoms with Crippen LogP contribution < -0.4 is 10.6 Å². The van der Waals surface area contributed by atoms with Crippen molar-refractivity contribution in [3.8, 4) is 11.1 Å². The van der Waals surface area contributed by atoms with Gasteiger partial charge in [-0.3, -0.25) is 5.32 Å². The largest absolute Gasteiger partial charge is 0.480 e. The van der Waals surface area contributed by atoms with Gasteiger partial charge in [0.05, 0.1) is 0 Å². The Morgan fingerprint density at radius 1 is 0.892 bits per heavy atom. The van der Waals surface area contributed by atoms with Crippen LogP contribution in [0.1, 0.15) is 43.4 Å². The van der Waals surface area contributed by atoms with Crippen LogP contribution in [0, 0.1) is 0 Å². The highest BCUT2D eigenvalue weighted by molar-refractivity contribution is 5.85. The first-order valence-corrected chi connectivity index (χ1v) is 12.0. The van der Waals surface area contributed by atoms with Crippen molar-refractivity contribution in [3.63, 3.8) is 0 Å². The van der Waals surface area contributed by atoms with Crippen LogP contribution >= 0.6 is 0 Å². The number of carbonyl (C=O) groups is 3. The molecule has 3 aromatic carbocycles. The zero-order valence-electron chi connectivity index (χ0n) is 21.0. The number of fused-ring (bicyclic) bond motifs is 3. The maximum absolute atomic E-state index is 12.6. The number of anilines is 1. The fourth-order valence-electron chi connectivity index (χ4n) is 4.42. The Morgan fingerprint density at radius 2 is 1.51 bits per heavy atom. The molecule has 0 aliphatic heterocycles. The first kappa shape index (κ1) is 25.8. The maximum atomic E-state index is 12.6. The highest BCUT2D eigenvalue weighted by atomic mass is 16.6. The number of carboxylic acid groups (broad SMARTS) is 1. The maximum Gasteiger partial charge on any atom is 0.412 e. The van der Waals surface area contributed by atoms with Crippen LogP contribution in [0.4, 0.5) is 15.3 Å². The molecule has 192 valence electrons. The molecule has 0 saturated carbocycles. The summed E-state index contributed by atoms with van der Waals surface area (Å²) in [4.78, 5) is 36.5. The lowest BCUT2D eigenvalue weighted by Crippen LogP contribution is -2.42. The third-order valence-electron chi connectivity index (χ3n) is 5.95. The average molecular weight is 503 g/mol. The lowest BCUT2D eigenvalue weighted by molar-refractivity contribution is -0.139. The number of aliphatic carboxylic acids is 1. The van der Waals surface area contributed by atoms with Crippen LogP contribution in [0.2, 0.25) is 0 Å². The van der Waals surface area contributed by atoms with Gasteiger partial charge < -0.3 is 19.9 Å². The Labute approximate surface area is 215 Å². The van der Waals surface area contributed by atoms with Crippen molar-refractivity contribution in [2.75, 3.05) is 11.9 Å². The number of ether oxygens (including phenoxy) is 2. The minimum Gasteiger partial charge on any atom is -0.480 e. The fourth-order valence-corrected chi connectivity index (χ4v) is 4.42. The minimum absolute atomic E-state index is 0.00334. The lowest BCUT2D eigenvalue weighted by Gasteiger charge is -2.20. The van der Waals surface area contributed by atoms with Gasteiger partial charge in [0.2, 0.25) is 0 Å². The summed E-state index contributed by atoms with van der Waals surface area (Å²) in [6.45, 7) is 5.36. The molecule has 1 unspecified atom stereocenters. The Bertz CT molecular complexity index is 1270. The normalized spacial score (nSPS) is 13.2. The number of carbonyl (C=O) groups excluding carboxylic acids is 2. The SMILES string of the molecule is CC(C)(C)OC(=O)Nc1cccc(CC(NC(=O)OCC2c3ccccc3-c3ccccc32)C(=O)O)c1. The summed E-state index contributed by atoms with van der Waals surface area (Å²) in [5.74, 6) is -1.32. The van der Waals surface area contributed by atoms with Gasteiger partial charge in [-0.25, -0.2) is 14.4 Å². The molecular weight excluding hydrogens is 472 g/mol. The second-order valence-electron chi connectivity index (χ2n) is 9.89. The van der Waals surface area contributed by atoms with Crippen molar-refractivity contribution in [2.45, 2.75) is 44.8 Å². The highest BCUT2D eigenvalue weighted by Gasteiger charge is 2.30. The molecule has 0 aromatic heterocycles. The van der Waals surface area contributed by atoms with Crippen molar-refractivity contribution in [1.29, 1.82) is 0 Å². The van der Waals surface area contributed by atoms with Gasteiger partial charge >= 0.3 is 18.2 Å². The standard InChI is InChI=1S/C29H30N2O6/c1-29(2,3)37-28(35)30-19-10-8-9-18(15-19)16-25(26(32)33)31-27(34)36-17-24-22-13-6-4-11-20(22)21-12-5-7-14-23(21)24/h4-15,24-25H,16-17H2,1-3H3,(H,30,35)(H,31,34)(H,32,33). The van der Waals surface area contributed by atoms with Gasteiger partial charge in [-0.15, -0.1) is 0 Å². The molecule has 37 heavy (non-hydrogen) atoms. The third kappa shape index (κ3) is 6.46. The Hall–Kier alpha value is -4.33.